The number of ether oxygens (including phenoxy) is 4. The van der Waals surface area contributed by atoms with E-state index in [2.05, 4.69) is 55.4 Å². The molecule has 510 valence electrons. The molecule has 6 atom stereocenters. The first-order chi connectivity index (χ1) is 41.1. The molecule has 0 saturated heterocycles. The summed E-state index contributed by atoms with van der Waals surface area (Å²) in [5.74, 6) is 0.773. The number of hydrogen-bond acceptors (Lipinski definition) is 15. The first-order valence-corrected chi connectivity index (χ1v) is 37.7. The first kappa shape index (κ1) is 84.1. The maximum absolute atomic E-state index is 13.0. The number of rotatable bonds is 64. The molecule has 0 heterocycles. The molecule has 0 aliphatic rings. The zero-order valence-corrected chi connectivity index (χ0v) is 57.7. The van der Waals surface area contributed by atoms with Crippen molar-refractivity contribution in [2.75, 3.05) is 39.6 Å². The number of carbonyl (C=O) groups excluding carboxylic acids is 4. The molecule has 0 aromatic heterocycles. The monoisotopic (exact) mass is 1270 g/mol. The van der Waals surface area contributed by atoms with E-state index in [4.69, 9.17) is 37.0 Å². The van der Waals surface area contributed by atoms with E-state index in [0.29, 0.717) is 37.5 Å². The van der Waals surface area contributed by atoms with Crippen LogP contribution >= 0.6 is 15.6 Å². The number of aliphatic hydroxyl groups is 1. The van der Waals surface area contributed by atoms with Crippen LogP contribution in [0.3, 0.4) is 0 Å². The van der Waals surface area contributed by atoms with Crippen molar-refractivity contribution in [2.24, 2.45) is 23.7 Å². The third-order valence-corrected chi connectivity index (χ3v) is 17.6. The highest BCUT2D eigenvalue weighted by Gasteiger charge is 2.30. The zero-order chi connectivity index (χ0) is 63.9. The second-order valence-electron chi connectivity index (χ2n) is 25.9. The average Bonchev–Trinajstić information content (AvgIpc) is 3.53. The number of phosphoric acid groups is 2. The van der Waals surface area contributed by atoms with Gasteiger partial charge in [-0.15, -0.1) is 0 Å². The first-order valence-electron chi connectivity index (χ1n) is 34.7. The van der Waals surface area contributed by atoms with Crippen molar-refractivity contribution in [3.05, 3.63) is 0 Å². The molecule has 0 aliphatic carbocycles. The van der Waals surface area contributed by atoms with E-state index in [0.717, 1.165) is 108 Å². The molecule has 19 heteroatoms. The number of aliphatic hydroxyl groups excluding tert-OH is 1. The average molecular weight is 1270 g/mol. The highest BCUT2D eigenvalue weighted by molar-refractivity contribution is 7.47. The number of unbranched alkanes of at least 4 members (excludes halogenated alkanes) is 29. The summed E-state index contributed by atoms with van der Waals surface area (Å²) < 4.78 is 68.1. The van der Waals surface area contributed by atoms with Gasteiger partial charge in [-0.25, -0.2) is 9.13 Å². The lowest BCUT2D eigenvalue weighted by Crippen LogP contribution is -2.30. The van der Waals surface area contributed by atoms with Crippen molar-refractivity contribution >= 4 is 39.5 Å². The van der Waals surface area contributed by atoms with Crippen LogP contribution in [0.25, 0.3) is 0 Å². The molecule has 0 aromatic carbocycles. The summed E-state index contributed by atoms with van der Waals surface area (Å²) in [6, 6.07) is 0. The topological polar surface area (TPSA) is 237 Å². The quantitative estimate of drug-likeness (QED) is 0.0222. The van der Waals surface area contributed by atoms with Crippen LogP contribution in [-0.2, 0) is 65.4 Å². The molecule has 0 spiro atoms. The molecule has 0 aliphatic heterocycles. The van der Waals surface area contributed by atoms with E-state index in [1.807, 2.05) is 0 Å². The predicted octanol–water partition coefficient (Wildman–Crippen LogP) is 18.5. The van der Waals surface area contributed by atoms with Gasteiger partial charge in [0, 0.05) is 25.7 Å². The lowest BCUT2D eigenvalue weighted by Gasteiger charge is -2.21. The van der Waals surface area contributed by atoms with Crippen molar-refractivity contribution in [2.45, 2.75) is 343 Å². The third-order valence-electron chi connectivity index (χ3n) is 15.7. The molecule has 0 radical (unpaired) electrons. The lowest BCUT2D eigenvalue weighted by atomic mass is 9.99. The molecule has 0 amide bonds. The summed E-state index contributed by atoms with van der Waals surface area (Å²) in [6.07, 6.45) is 37.8. The molecule has 3 unspecified atom stereocenters. The van der Waals surface area contributed by atoms with Crippen molar-refractivity contribution < 1.29 is 80.2 Å². The maximum atomic E-state index is 13.0. The van der Waals surface area contributed by atoms with Gasteiger partial charge in [0.25, 0.3) is 0 Å². The van der Waals surface area contributed by atoms with Gasteiger partial charge in [-0.3, -0.25) is 37.3 Å². The zero-order valence-electron chi connectivity index (χ0n) is 55.9. The Kier molecular flexibility index (Phi) is 55.7. The Balaban J connectivity index is 5.23. The Morgan fingerprint density at radius 3 is 0.826 bits per heavy atom. The molecule has 0 saturated carbocycles. The largest absolute Gasteiger partial charge is 0.472 e. The van der Waals surface area contributed by atoms with Gasteiger partial charge >= 0.3 is 39.5 Å². The highest BCUT2D eigenvalue weighted by Crippen LogP contribution is 2.45. The standard InChI is InChI=1S/C67H130O17P2/c1-9-60(8)46-38-30-20-17-18-21-31-39-47-64(69)77-53-62(83-66(71)49-41-33-22-16-14-12-10-11-13-15-19-27-35-43-57(2)3)55-81-85(73,74)79-51-61(68)52-80-86(75,76)82-56-63(84-67(72)50-42-34-26-24-29-37-45-59(6)7)54-78-65(70)48-40-32-25-23-28-36-44-58(4)5/h57-63,68H,9-56H2,1-8H3,(H,73,74)(H,75,76)/t60?,61-,62-,63-/m1/s1. The summed E-state index contributed by atoms with van der Waals surface area (Å²) >= 11 is 0. The molecule has 3 N–H and O–H groups in total. The van der Waals surface area contributed by atoms with Crippen LogP contribution in [0.15, 0.2) is 0 Å². The second kappa shape index (κ2) is 57.0. The van der Waals surface area contributed by atoms with E-state index < -0.39 is 97.5 Å². The Morgan fingerprint density at radius 1 is 0.326 bits per heavy atom. The van der Waals surface area contributed by atoms with Crippen LogP contribution < -0.4 is 0 Å². The SMILES string of the molecule is CCC(C)CCCCCCCCCCC(=O)OC[C@H](COP(=O)(O)OC[C@@H](O)COP(=O)(O)OC[C@@H](COC(=O)CCCCCCCCC(C)C)OC(=O)CCCCCCCCC(C)C)OC(=O)CCCCCCCCCCCCCCCC(C)C. The van der Waals surface area contributed by atoms with E-state index in [1.54, 1.807) is 0 Å². The van der Waals surface area contributed by atoms with Crippen LogP contribution in [-0.4, -0.2) is 96.7 Å². The Labute approximate surface area is 524 Å². The van der Waals surface area contributed by atoms with Crippen molar-refractivity contribution in [1.82, 2.24) is 0 Å². The van der Waals surface area contributed by atoms with Gasteiger partial charge in [0.2, 0.25) is 0 Å². The normalized spacial score (nSPS) is 14.7. The van der Waals surface area contributed by atoms with Gasteiger partial charge in [0.05, 0.1) is 26.4 Å². The summed E-state index contributed by atoms with van der Waals surface area (Å²) in [5, 5.41) is 10.6. The van der Waals surface area contributed by atoms with Gasteiger partial charge in [0.15, 0.2) is 12.2 Å². The van der Waals surface area contributed by atoms with Gasteiger partial charge in [-0.05, 0) is 49.4 Å². The number of phosphoric ester groups is 2. The van der Waals surface area contributed by atoms with Crippen molar-refractivity contribution in [1.29, 1.82) is 0 Å². The lowest BCUT2D eigenvalue weighted by molar-refractivity contribution is -0.161. The van der Waals surface area contributed by atoms with Gasteiger partial charge in [0.1, 0.15) is 19.3 Å². The van der Waals surface area contributed by atoms with E-state index >= 15 is 0 Å². The molecule has 17 nitrogen and oxygen atoms in total. The Bertz CT molecular complexity index is 1720. The van der Waals surface area contributed by atoms with Crippen LogP contribution in [0, 0.1) is 23.7 Å². The van der Waals surface area contributed by atoms with Crippen LogP contribution in [0.1, 0.15) is 325 Å². The fourth-order valence-corrected chi connectivity index (χ4v) is 11.5. The number of hydrogen-bond donors (Lipinski definition) is 3. The molecular weight excluding hydrogens is 1140 g/mol. The minimum absolute atomic E-state index is 0.100. The van der Waals surface area contributed by atoms with Crippen LogP contribution in [0.4, 0.5) is 0 Å². The van der Waals surface area contributed by atoms with E-state index in [9.17, 15) is 43.2 Å². The summed E-state index contributed by atoms with van der Waals surface area (Å²) in [6.45, 7) is 14.0. The van der Waals surface area contributed by atoms with Crippen molar-refractivity contribution in [3.63, 3.8) is 0 Å². The van der Waals surface area contributed by atoms with Crippen molar-refractivity contribution in [3.8, 4) is 0 Å². The highest BCUT2D eigenvalue weighted by atomic mass is 31.2. The van der Waals surface area contributed by atoms with E-state index in [1.165, 1.54) is 122 Å². The molecular formula is C67H130O17P2. The molecule has 86 heavy (non-hydrogen) atoms. The molecule has 0 aromatic rings. The van der Waals surface area contributed by atoms with E-state index in [-0.39, 0.29) is 25.7 Å². The maximum Gasteiger partial charge on any atom is 0.472 e. The van der Waals surface area contributed by atoms with Gasteiger partial charge < -0.3 is 33.8 Å². The smallest absolute Gasteiger partial charge is 0.462 e. The molecule has 0 rings (SSSR count). The Hall–Kier alpha value is -1.94. The summed E-state index contributed by atoms with van der Waals surface area (Å²) in [4.78, 5) is 72.3. The number of esters is 4. The van der Waals surface area contributed by atoms with Gasteiger partial charge in [-0.1, -0.05) is 274 Å². The third kappa shape index (κ3) is 59.7. The second-order valence-corrected chi connectivity index (χ2v) is 28.8. The number of carbonyl (C=O) groups is 4. The van der Waals surface area contributed by atoms with Crippen LogP contribution in [0.5, 0.6) is 0 Å². The Morgan fingerprint density at radius 2 is 0.558 bits per heavy atom. The minimum atomic E-state index is -4.95. The molecule has 0 fully saturated rings. The fraction of sp³-hybridized carbons (Fsp3) is 0.940. The van der Waals surface area contributed by atoms with Gasteiger partial charge in [-0.2, -0.15) is 0 Å². The predicted molar refractivity (Wildman–Crippen MR) is 344 cm³/mol. The summed E-state index contributed by atoms with van der Waals surface area (Å²) in [5.41, 5.74) is 0. The summed E-state index contributed by atoms with van der Waals surface area (Å²) in [7, 11) is -9.89. The molecule has 0 bridgehead atoms. The minimum Gasteiger partial charge on any atom is -0.462 e. The van der Waals surface area contributed by atoms with Crippen LogP contribution in [0.2, 0.25) is 0 Å². The fourth-order valence-electron chi connectivity index (χ4n) is 9.93.